The van der Waals surface area contributed by atoms with Crippen LogP contribution in [0.1, 0.15) is 73.3 Å². The van der Waals surface area contributed by atoms with Gasteiger partial charge in [-0.25, -0.2) is 15.2 Å². The number of ether oxygens (including phenoxy) is 3. The van der Waals surface area contributed by atoms with Crippen molar-refractivity contribution in [3.8, 4) is 0 Å². The van der Waals surface area contributed by atoms with Crippen LogP contribution in [0.4, 0.5) is 4.79 Å². The molecule has 2 heterocycles. The molecular formula is C23H37BrN4O7. The maximum atomic E-state index is 13.7. The average molecular weight is 561 g/mol. The molecule has 0 aromatic carbocycles. The van der Waals surface area contributed by atoms with Crippen molar-refractivity contribution in [1.82, 2.24) is 20.7 Å². The van der Waals surface area contributed by atoms with Crippen LogP contribution in [0.25, 0.3) is 0 Å². The van der Waals surface area contributed by atoms with Crippen LogP contribution in [0.15, 0.2) is 15.3 Å². The van der Waals surface area contributed by atoms with Crippen molar-refractivity contribution in [3.63, 3.8) is 0 Å². The maximum Gasteiger partial charge on any atom is 0.408 e. The van der Waals surface area contributed by atoms with E-state index in [0.29, 0.717) is 24.1 Å². The molecule has 0 bridgehead atoms. The molecule has 2 N–H and O–H groups in total. The number of nitrogens with one attached hydrogen (secondary N) is 2. The molecule has 12 heteroatoms. The number of aromatic nitrogens is 1. The Morgan fingerprint density at radius 3 is 2.51 bits per heavy atom. The molecule has 0 unspecified atom stereocenters. The lowest BCUT2D eigenvalue weighted by atomic mass is 9.98. The van der Waals surface area contributed by atoms with E-state index in [2.05, 4.69) is 31.7 Å². The summed E-state index contributed by atoms with van der Waals surface area (Å²) in [7, 11) is 0. The van der Waals surface area contributed by atoms with Crippen molar-refractivity contribution in [1.29, 1.82) is 0 Å². The van der Waals surface area contributed by atoms with Crippen LogP contribution in [0.2, 0.25) is 0 Å². The first-order valence-corrected chi connectivity index (χ1v) is 12.5. The summed E-state index contributed by atoms with van der Waals surface area (Å²) in [5.41, 5.74) is 1.98. The van der Waals surface area contributed by atoms with Crippen LogP contribution >= 0.6 is 15.9 Å². The second-order valence-electron chi connectivity index (χ2n) is 10.5. The first-order chi connectivity index (χ1) is 16.2. The van der Waals surface area contributed by atoms with Crippen molar-refractivity contribution in [2.75, 3.05) is 19.8 Å². The Morgan fingerprint density at radius 2 is 1.97 bits per heavy atom. The number of esters is 1. The van der Waals surface area contributed by atoms with Gasteiger partial charge in [-0.3, -0.25) is 14.6 Å². The fourth-order valence-electron chi connectivity index (χ4n) is 3.26. The molecule has 11 nitrogen and oxygen atoms in total. The number of halogens is 1. The van der Waals surface area contributed by atoms with Gasteiger partial charge in [0.25, 0.3) is 5.91 Å². The monoisotopic (exact) mass is 560 g/mol. The Bertz CT molecular complexity index is 878. The van der Waals surface area contributed by atoms with Crippen molar-refractivity contribution in [2.24, 2.45) is 5.41 Å². The zero-order chi connectivity index (χ0) is 26.4. The molecule has 0 aliphatic carbocycles. The van der Waals surface area contributed by atoms with Gasteiger partial charge in [-0.1, -0.05) is 20.8 Å². The van der Waals surface area contributed by atoms with E-state index in [1.54, 1.807) is 27.7 Å². The minimum Gasteiger partial charge on any atom is -0.464 e. The van der Waals surface area contributed by atoms with Gasteiger partial charge in [0.15, 0.2) is 10.8 Å². The molecule has 1 saturated heterocycles. The molecule has 1 aliphatic heterocycles. The van der Waals surface area contributed by atoms with Gasteiger partial charge < -0.3 is 23.9 Å². The van der Waals surface area contributed by atoms with Gasteiger partial charge in [0.1, 0.15) is 17.7 Å². The fraction of sp³-hybridized carbons (Fsp3) is 0.739. The smallest absolute Gasteiger partial charge is 0.408 e. The molecule has 198 valence electrons. The van der Waals surface area contributed by atoms with Crippen LogP contribution in [0, 0.1) is 5.41 Å². The number of nitrogens with zero attached hydrogens (tertiary/aromatic N) is 2. The molecule has 1 aromatic rings. The number of hydrogen-bond donors (Lipinski definition) is 2. The molecule has 3 atom stereocenters. The van der Waals surface area contributed by atoms with E-state index < -0.39 is 41.8 Å². The van der Waals surface area contributed by atoms with E-state index in [9.17, 15) is 14.4 Å². The summed E-state index contributed by atoms with van der Waals surface area (Å²) in [6.45, 7) is 13.6. The van der Waals surface area contributed by atoms with Gasteiger partial charge in [-0.15, -0.1) is 0 Å². The molecule has 0 spiro atoms. The molecule has 1 aliphatic rings. The van der Waals surface area contributed by atoms with Crippen LogP contribution in [-0.4, -0.2) is 65.4 Å². The van der Waals surface area contributed by atoms with Crippen LogP contribution in [-0.2, 0) is 23.8 Å². The Kier molecular flexibility index (Phi) is 10.1. The normalized spacial score (nSPS) is 18.5. The Morgan fingerprint density at radius 1 is 1.29 bits per heavy atom. The molecule has 0 saturated carbocycles. The molecule has 35 heavy (non-hydrogen) atoms. The summed E-state index contributed by atoms with van der Waals surface area (Å²) >= 11 is 3.20. The third-order valence-corrected chi connectivity index (χ3v) is 5.08. The van der Waals surface area contributed by atoms with Crippen molar-refractivity contribution < 1.29 is 33.0 Å². The minimum atomic E-state index is -1.24. The molecular weight excluding hydrogens is 524 g/mol. The largest absolute Gasteiger partial charge is 0.464 e. The number of rotatable bonds is 8. The third kappa shape index (κ3) is 9.42. The predicted octanol–water partition coefficient (Wildman–Crippen LogP) is 3.49. The summed E-state index contributed by atoms with van der Waals surface area (Å²) in [5, 5.41) is 3.91. The molecule has 1 aromatic heterocycles. The van der Waals surface area contributed by atoms with Crippen LogP contribution in [0.3, 0.4) is 0 Å². The lowest BCUT2D eigenvalue weighted by Gasteiger charge is -2.36. The van der Waals surface area contributed by atoms with Gasteiger partial charge in [0, 0.05) is 13.2 Å². The van der Waals surface area contributed by atoms with Crippen LogP contribution in [0.5, 0.6) is 0 Å². The molecule has 2 rings (SSSR count). The SMILES string of the molecule is CCO[C@@H](c1ncc(Br)o1)[C@H](NC(=O)OC(C)(C)C)C(=O)N1CCC[C@@H](C(=O)OCC(C)(C)C)N1. The van der Waals surface area contributed by atoms with E-state index in [1.165, 1.54) is 11.2 Å². The molecule has 2 amide bonds. The summed E-state index contributed by atoms with van der Waals surface area (Å²) in [5.74, 6) is -0.865. The van der Waals surface area contributed by atoms with Gasteiger partial charge in [-0.2, -0.15) is 0 Å². The summed E-state index contributed by atoms with van der Waals surface area (Å²) in [6, 6.07) is -1.94. The van der Waals surface area contributed by atoms with Gasteiger partial charge in [-0.05, 0) is 61.9 Å². The number of oxazole rings is 1. The second-order valence-corrected chi connectivity index (χ2v) is 11.3. The Balaban J connectivity index is 2.26. The maximum absolute atomic E-state index is 13.7. The lowest BCUT2D eigenvalue weighted by Crippen LogP contribution is -2.61. The first-order valence-electron chi connectivity index (χ1n) is 11.7. The number of hydrogen-bond acceptors (Lipinski definition) is 9. The molecule has 1 fully saturated rings. The van der Waals surface area contributed by atoms with Gasteiger partial charge in [0.05, 0.1) is 12.8 Å². The third-order valence-electron chi connectivity index (χ3n) is 4.71. The standard InChI is InChI=1S/C23H37BrN4O7/c1-8-32-17(18-25-12-15(24)34-18)16(26-21(31)35-23(5,6)7)19(29)28-11-9-10-14(27-28)20(30)33-13-22(2,3)4/h12,14,16-17,27H,8-11,13H2,1-7H3,(H,26,31)/t14-,16-,17+/m0/s1. The number of carbonyl (C=O) groups excluding carboxylic acids is 3. The van der Waals surface area contributed by atoms with E-state index >= 15 is 0 Å². The van der Waals surface area contributed by atoms with Gasteiger partial charge in [0.2, 0.25) is 5.89 Å². The number of alkyl carbamates (subject to hydrolysis) is 1. The topological polar surface area (TPSA) is 132 Å². The quantitative estimate of drug-likeness (QED) is 0.458. The van der Waals surface area contributed by atoms with E-state index in [-0.39, 0.29) is 24.5 Å². The van der Waals surface area contributed by atoms with Crippen molar-refractivity contribution >= 4 is 33.9 Å². The summed E-state index contributed by atoms with van der Waals surface area (Å²) < 4.78 is 22.5. The van der Waals surface area contributed by atoms with Crippen molar-refractivity contribution in [3.05, 3.63) is 16.8 Å². The summed E-state index contributed by atoms with van der Waals surface area (Å²) in [4.78, 5) is 43.1. The van der Waals surface area contributed by atoms with E-state index in [0.717, 1.165) is 0 Å². The van der Waals surface area contributed by atoms with Crippen LogP contribution < -0.4 is 10.7 Å². The second kappa shape index (κ2) is 12.2. The number of hydrazine groups is 1. The lowest BCUT2D eigenvalue weighted by molar-refractivity contribution is -0.156. The number of carbonyl (C=O) groups is 3. The average Bonchev–Trinajstić information content (AvgIpc) is 3.18. The Labute approximate surface area is 214 Å². The van der Waals surface area contributed by atoms with E-state index in [1.807, 2.05) is 20.8 Å². The fourth-order valence-corrected chi connectivity index (χ4v) is 3.53. The van der Waals surface area contributed by atoms with Gasteiger partial charge >= 0.3 is 12.1 Å². The first kappa shape index (κ1) is 29.1. The zero-order valence-electron chi connectivity index (χ0n) is 21.5. The number of amides is 2. The highest BCUT2D eigenvalue weighted by Crippen LogP contribution is 2.26. The minimum absolute atomic E-state index is 0.103. The molecule has 0 radical (unpaired) electrons. The highest BCUT2D eigenvalue weighted by Gasteiger charge is 2.41. The Hall–Kier alpha value is -2.18. The van der Waals surface area contributed by atoms with E-state index in [4.69, 9.17) is 18.6 Å². The zero-order valence-corrected chi connectivity index (χ0v) is 23.1. The predicted molar refractivity (Wildman–Crippen MR) is 130 cm³/mol. The summed E-state index contributed by atoms with van der Waals surface area (Å²) in [6.07, 6.45) is 0.664. The highest BCUT2D eigenvalue weighted by atomic mass is 79.9. The van der Waals surface area contributed by atoms with Crippen molar-refractivity contribution in [2.45, 2.75) is 85.1 Å². The highest BCUT2D eigenvalue weighted by molar-refractivity contribution is 9.10.